The molecular weight excluding hydrogens is 244 g/mol. The van der Waals surface area contributed by atoms with Crippen molar-refractivity contribution < 1.29 is 14.7 Å². The van der Waals surface area contributed by atoms with Crippen LogP contribution in [0.2, 0.25) is 0 Å². The third-order valence-electron chi connectivity index (χ3n) is 3.51. The summed E-state index contributed by atoms with van der Waals surface area (Å²) < 4.78 is 0. The third kappa shape index (κ3) is 4.16. The monoisotopic (exact) mass is 266 g/mol. The van der Waals surface area contributed by atoms with E-state index in [0.29, 0.717) is 12.8 Å². The SMILES string of the molecule is C#CC(C)(C)NC(=O)NC1(C(=O)O)CCCCCC1. The van der Waals surface area contributed by atoms with Gasteiger partial charge in [0.2, 0.25) is 0 Å². The molecule has 0 saturated heterocycles. The predicted octanol–water partition coefficient (Wildman–Crippen LogP) is 1.87. The van der Waals surface area contributed by atoms with Crippen molar-refractivity contribution in [2.24, 2.45) is 0 Å². The molecule has 1 aliphatic carbocycles. The fraction of sp³-hybridized carbons (Fsp3) is 0.714. The van der Waals surface area contributed by atoms with Crippen LogP contribution in [0.25, 0.3) is 0 Å². The summed E-state index contributed by atoms with van der Waals surface area (Å²) in [6, 6.07) is -0.521. The number of carboxylic acids is 1. The van der Waals surface area contributed by atoms with Gasteiger partial charge in [0.05, 0.1) is 5.54 Å². The summed E-state index contributed by atoms with van der Waals surface area (Å²) in [4.78, 5) is 23.4. The van der Waals surface area contributed by atoms with E-state index in [1.165, 1.54) is 0 Å². The van der Waals surface area contributed by atoms with Crippen LogP contribution in [0, 0.1) is 12.3 Å². The van der Waals surface area contributed by atoms with E-state index in [1.807, 2.05) is 0 Å². The molecule has 3 N–H and O–H groups in total. The van der Waals surface area contributed by atoms with E-state index in [4.69, 9.17) is 6.42 Å². The van der Waals surface area contributed by atoms with Gasteiger partial charge in [0.25, 0.3) is 0 Å². The number of carbonyl (C=O) groups is 2. The van der Waals surface area contributed by atoms with Gasteiger partial charge >= 0.3 is 12.0 Å². The summed E-state index contributed by atoms with van der Waals surface area (Å²) in [5.41, 5.74) is -1.96. The number of rotatable bonds is 3. The van der Waals surface area contributed by atoms with E-state index in [0.717, 1.165) is 25.7 Å². The van der Waals surface area contributed by atoms with Crippen molar-refractivity contribution in [3.8, 4) is 12.3 Å². The molecule has 0 spiro atoms. The largest absolute Gasteiger partial charge is 0.480 e. The topological polar surface area (TPSA) is 78.4 Å². The smallest absolute Gasteiger partial charge is 0.329 e. The zero-order valence-corrected chi connectivity index (χ0v) is 11.6. The van der Waals surface area contributed by atoms with Gasteiger partial charge in [0.1, 0.15) is 5.54 Å². The van der Waals surface area contributed by atoms with Gasteiger partial charge in [-0.05, 0) is 26.7 Å². The highest BCUT2D eigenvalue weighted by molar-refractivity contribution is 5.86. The summed E-state index contributed by atoms with van der Waals surface area (Å²) in [5, 5.41) is 14.7. The molecule has 1 aliphatic rings. The van der Waals surface area contributed by atoms with Crippen LogP contribution in [0.3, 0.4) is 0 Å². The summed E-state index contributed by atoms with van der Waals surface area (Å²) >= 11 is 0. The van der Waals surface area contributed by atoms with Crippen molar-refractivity contribution in [2.75, 3.05) is 0 Å². The molecule has 0 heterocycles. The second-order valence-electron chi connectivity index (χ2n) is 5.65. The van der Waals surface area contributed by atoms with E-state index in [-0.39, 0.29) is 0 Å². The Kier molecular flexibility index (Phi) is 4.82. The molecule has 0 aromatic heterocycles. The molecule has 0 unspecified atom stereocenters. The highest BCUT2D eigenvalue weighted by atomic mass is 16.4. The Morgan fingerprint density at radius 1 is 1.21 bits per heavy atom. The van der Waals surface area contributed by atoms with Crippen LogP contribution in [0.4, 0.5) is 4.79 Å². The molecule has 106 valence electrons. The molecular formula is C14H22N2O3. The number of terminal acetylenes is 1. The quantitative estimate of drug-likeness (QED) is 0.539. The normalized spacial score (nSPS) is 18.8. The Morgan fingerprint density at radius 2 is 1.74 bits per heavy atom. The molecule has 1 rings (SSSR count). The number of hydrogen-bond donors (Lipinski definition) is 3. The maximum absolute atomic E-state index is 11.9. The van der Waals surface area contributed by atoms with Crippen molar-refractivity contribution in [2.45, 2.75) is 63.5 Å². The first kappa shape index (κ1) is 15.4. The van der Waals surface area contributed by atoms with Crippen LogP contribution < -0.4 is 10.6 Å². The maximum atomic E-state index is 11.9. The molecule has 0 atom stereocenters. The van der Waals surface area contributed by atoms with Gasteiger partial charge in [-0.1, -0.05) is 31.6 Å². The number of amides is 2. The molecule has 19 heavy (non-hydrogen) atoms. The number of carboxylic acid groups (broad SMARTS) is 1. The average molecular weight is 266 g/mol. The summed E-state index contributed by atoms with van der Waals surface area (Å²) in [6.07, 6.45) is 9.86. The minimum Gasteiger partial charge on any atom is -0.480 e. The summed E-state index contributed by atoms with van der Waals surface area (Å²) in [5.74, 6) is 1.47. The van der Waals surface area contributed by atoms with E-state index in [1.54, 1.807) is 13.8 Å². The maximum Gasteiger partial charge on any atom is 0.329 e. The van der Waals surface area contributed by atoms with Gasteiger partial charge in [-0.15, -0.1) is 6.42 Å². The van der Waals surface area contributed by atoms with Gasteiger partial charge in [-0.3, -0.25) is 0 Å². The van der Waals surface area contributed by atoms with Crippen LogP contribution in [-0.2, 0) is 4.79 Å². The van der Waals surface area contributed by atoms with Gasteiger partial charge < -0.3 is 15.7 Å². The van der Waals surface area contributed by atoms with Crippen LogP contribution in [0.1, 0.15) is 52.4 Å². The van der Waals surface area contributed by atoms with Crippen molar-refractivity contribution in [3.05, 3.63) is 0 Å². The first-order valence-electron chi connectivity index (χ1n) is 6.63. The summed E-state index contributed by atoms with van der Waals surface area (Å²) in [6.45, 7) is 3.38. The fourth-order valence-corrected chi connectivity index (χ4v) is 2.29. The second kappa shape index (κ2) is 5.96. The lowest BCUT2D eigenvalue weighted by atomic mass is 9.90. The van der Waals surface area contributed by atoms with Crippen molar-refractivity contribution >= 4 is 12.0 Å². The zero-order valence-electron chi connectivity index (χ0n) is 11.6. The highest BCUT2D eigenvalue weighted by Gasteiger charge is 2.40. The van der Waals surface area contributed by atoms with E-state index < -0.39 is 23.1 Å². The van der Waals surface area contributed by atoms with Gasteiger partial charge in [0.15, 0.2) is 0 Å². The molecule has 5 heteroatoms. The molecule has 1 fully saturated rings. The van der Waals surface area contributed by atoms with Gasteiger partial charge in [0, 0.05) is 0 Å². The lowest BCUT2D eigenvalue weighted by molar-refractivity contribution is -0.145. The molecule has 5 nitrogen and oxygen atoms in total. The predicted molar refractivity (Wildman–Crippen MR) is 72.6 cm³/mol. The first-order chi connectivity index (χ1) is 8.81. The molecule has 0 bridgehead atoms. The Morgan fingerprint density at radius 3 is 2.16 bits per heavy atom. The van der Waals surface area contributed by atoms with Crippen LogP contribution in [-0.4, -0.2) is 28.2 Å². The van der Waals surface area contributed by atoms with Crippen LogP contribution >= 0.6 is 0 Å². The fourth-order valence-electron chi connectivity index (χ4n) is 2.29. The molecule has 0 aliphatic heterocycles. The first-order valence-corrected chi connectivity index (χ1v) is 6.63. The lowest BCUT2D eigenvalue weighted by Gasteiger charge is -2.31. The van der Waals surface area contributed by atoms with E-state index >= 15 is 0 Å². The van der Waals surface area contributed by atoms with Crippen LogP contribution in [0.15, 0.2) is 0 Å². The number of aliphatic carboxylic acids is 1. The lowest BCUT2D eigenvalue weighted by Crippen LogP contribution is -2.59. The second-order valence-corrected chi connectivity index (χ2v) is 5.65. The van der Waals surface area contributed by atoms with E-state index in [9.17, 15) is 14.7 Å². The third-order valence-corrected chi connectivity index (χ3v) is 3.51. The minimum atomic E-state index is -1.16. The van der Waals surface area contributed by atoms with Crippen molar-refractivity contribution in [1.29, 1.82) is 0 Å². The Bertz CT molecular complexity index is 388. The average Bonchev–Trinajstić information content (AvgIpc) is 2.55. The number of nitrogens with one attached hydrogen (secondary N) is 2. The molecule has 0 aromatic rings. The van der Waals surface area contributed by atoms with Crippen LogP contribution in [0.5, 0.6) is 0 Å². The number of hydrogen-bond acceptors (Lipinski definition) is 2. The number of carbonyl (C=O) groups excluding carboxylic acids is 1. The molecule has 0 aromatic carbocycles. The standard InChI is InChI=1S/C14H22N2O3/c1-4-13(2,3)15-12(19)16-14(11(17)18)9-7-5-6-8-10-14/h1H,5-10H2,2-3H3,(H,17,18)(H2,15,16,19). The molecule has 0 radical (unpaired) electrons. The van der Waals surface area contributed by atoms with Crippen molar-refractivity contribution in [1.82, 2.24) is 10.6 Å². The highest BCUT2D eigenvalue weighted by Crippen LogP contribution is 2.27. The van der Waals surface area contributed by atoms with E-state index in [2.05, 4.69) is 16.6 Å². The van der Waals surface area contributed by atoms with Gasteiger partial charge in [-0.2, -0.15) is 0 Å². The Hall–Kier alpha value is -1.70. The molecule has 2 amide bonds. The molecule has 1 saturated carbocycles. The summed E-state index contributed by atoms with van der Waals surface area (Å²) in [7, 11) is 0. The minimum absolute atomic E-state index is 0.465. The zero-order chi connectivity index (χ0) is 14.5. The number of urea groups is 1. The van der Waals surface area contributed by atoms with Gasteiger partial charge in [-0.25, -0.2) is 9.59 Å². The Balaban J connectivity index is 2.76. The van der Waals surface area contributed by atoms with Crippen molar-refractivity contribution in [3.63, 3.8) is 0 Å². The Labute approximate surface area is 114 Å².